The van der Waals surface area contributed by atoms with Crippen molar-refractivity contribution in [2.24, 2.45) is 11.8 Å². The summed E-state index contributed by atoms with van der Waals surface area (Å²) < 4.78 is 10.9. The maximum atomic E-state index is 5.48. The van der Waals surface area contributed by atoms with E-state index in [2.05, 4.69) is 13.8 Å². The molecule has 0 aliphatic carbocycles. The lowest BCUT2D eigenvalue weighted by Gasteiger charge is -2.31. The van der Waals surface area contributed by atoms with Gasteiger partial charge in [0, 0.05) is 13.0 Å². The third-order valence-corrected chi connectivity index (χ3v) is 2.43. The predicted octanol–water partition coefficient (Wildman–Crippen LogP) is 2.04. The van der Waals surface area contributed by atoms with Crippen LogP contribution < -0.4 is 0 Å². The van der Waals surface area contributed by atoms with Gasteiger partial charge in [-0.3, -0.25) is 0 Å². The SMILES string of the molecule is CCO[C@H]1C[C@@H](C)[C@@H](C)CO1. The van der Waals surface area contributed by atoms with Gasteiger partial charge in [0.15, 0.2) is 6.29 Å². The molecule has 1 heterocycles. The zero-order chi connectivity index (χ0) is 8.27. The molecule has 1 saturated heterocycles. The second kappa shape index (κ2) is 4.07. The second-order valence-electron chi connectivity index (χ2n) is 3.41. The molecule has 1 rings (SSSR count). The van der Waals surface area contributed by atoms with Crippen LogP contribution in [0.15, 0.2) is 0 Å². The average molecular weight is 158 g/mol. The fraction of sp³-hybridized carbons (Fsp3) is 1.00. The van der Waals surface area contributed by atoms with Crippen LogP contribution in [0, 0.1) is 11.8 Å². The highest BCUT2D eigenvalue weighted by molar-refractivity contribution is 4.68. The Morgan fingerprint density at radius 3 is 2.64 bits per heavy atom. The Hall–Kier alpha value is -0.0800. The molecule has 0 amide bonds. The molecule has 0 aromatic heterocycles. The van der Waals surface area contributed by atoms with Crippen molar-refractivity contribution in [1.29, 1.82) is 0 Å². The Morgan fingerprint density at radius 1 is 1.36 bits per heavy atom. The number of rotatable bonds is 2. The van der Waals surface area contributed by atoms with Crippen LogP contribution in [-0.2, 0) is 9.47 Å². The van der Waals surface area contributed by atoms with Crippen molar-refractivity contribution in [2.75, 3.05) is 13.2 Å². The quantitative estimate of drug-likeness (QED) is 0.612. The summed E-state index contributed by atoms with van der Waals surface area (Å²) in [4.78, 5) is 0. The minimum absolute atomic E-state index is 0.0613. The summed E-state index contributed by atoms with van der Waals surface area (Å²) in [5, 5.41) is 0. The molecule has 1 fully saturated rings. The van der Waals surface area contributed by atoms with Gasteiger partial charge in [-0.25, -0.2) is 0 Å². The van der Waals surface area contributed by atoms with E-state index < -0.39 is 0 Å². The number of ether oxygens (including phenoxy) is 2. The summed E-state index contributed by atoms with van der Waals surface area (Å²) in [6.07, 6.45) is 1.11. The summed E-state index contributed by atoms with van der Waals surface area (Å²) in [5.74, 6) is 1.42. The van der Waals surface area contributed by atoms with E-state index in [0.717, 1.165) is 25.6 Å². The molecular weight excluding hydrogens is 140 g/mol. The van der Waals surface area contributed by atoms with E-state index in [-0.39, 0.29) is 6.29 Å². The van der Waals surface area contributed by atoms with Gasteiger partial charge in [0.05, 0.1) is 6.61 Å². The molecule has 0 unspecified atom stereocenters. The first-order chi connectivity index (χ1) is 5.24. The van der Waals surface area contributed by atoms with E-state index in [1.165, 1.54) is 0 Å². The van der Waals surface area contributed by atoms with Crippen LogP contribution in [0.5, 0.6) is 0 Å². The van der Waals surface area contributed by atoms with Gasteiger partial charge in [-0.2, -0.15) is 0 Å². The van der Waals surface area contributed by atoms with Crippen LogP contribution in [0.1, 0.15) is 27.2 Å². The maximum Gasteiger partial charge on any atom is 0.157 e. The molecule has 0 N–H and O–H groups in total. The van der Waals surface area contributed by atoms with Crippen molar-refractivity contribution in [1.82, 2.24) is 0 Å². The maximum absolute atomic E-state index is 5.48. The van der Waals surface area contributed by atoms with Gasteiger partial charge < -0.3 is 9.47 Å². The van der Waals surface area contributed by atoms with Crippen LogP contribution >= 0.6 is 0 Å². The van der Waals surface area contributed by atoms with E-state index in [1.54, 1.807) is 0 Å². The third kappa shape index (κ3) is 2.46. The molecule has 1 aliphatic heterocycles. The van der Waals surface area contributed by atoms with Crippen LogP contribution in [0.25, 0.3) is 0 Å². The highest BCUT2D eigenvalue weighted by Gasteiger charge is 2.24. The molecule has 0 bridgehead atoms. The highest BCUT2D eigenvalue weighted by atomic mass is 16.7. The van der Waals surface area contributed by atoms with Crippen molar-refractivity contribution < 1.29 is 9.47 Å². The van der Waals surface area contributed by atoms with E-state index >= 15 is 0 Å². The topological polar surface area (TPSA) is 18.5 Å². The Labute approximate surface area is 68.9 Å². The standard InChI is InChI=1S/C9H18O2/c1-4-10-9-5-7(2)8(3)6-11-9/h7-9H,4-6H2,1-3H3/t7-,8+,9-/m1/s1. The van der Waals surface area contributed by atoms with Crippen molar-refractivity contribution in [3.05, 3.63) is 0 Å². The molecule has 11 heavy (non-hydrogen) atoms. The van der Waals surface area contributed by atoms with E-state index in [0.29, 0.717) is 5.92 Å². The monoisotopic (exact) mass is 158 g/mol. The molecule has 0 spiro atoms. The Kier molecular flexibility index (Phi) is 3.34. The molecule has 0 radical (unpaired) electrons. The zero-order valence-electron chi connectivity index (χ0n) is 7.67. The van der Waals surface area contributed by atoms with E-state index in [4.69, 9.17) is 9.47 Å². The molecule has 2 heteroatoms. The summed E-state index contributed by atoms with van der Waals surface area (Å²) in [7, 11) is 0. The van der Waals surface area contributed by atoms with Gasteiger partial charge in [-0.1, -0.05) is 13.8 Å². The number of hydrogen-bond donors (Lipinski definition) is 0. The molecule has 3 atom stereocenters. The summed E-state index contributed by atoms with van der Waals surface area (Å²) in [6, 6.07) is 0. The molecule has 0 aromatic carbocycles. The summed E-state index contributed by atoms with van der Waals surface area (Å²) >= 11 is 0. The van der Waals surface area contributed by atoms with Gasteiger partial charge in [-0.15, -0.1) is 0 Å². The highest BCUT2D eigenvalue weighted by Crippen LogP contribution is 2.25. The van der Waals surface area contributed by atoms with Gasteiger partial charge in [0.25, 0.3) is 0 Å². The van der Waals surface area contributed by atoms with E-state index in [9.17, 15) is 0 Å². The third-order valence-electron chi connectivity index (χ3n) is 2.43. The van der Waals surface area contributed by atoms with Gasteiger partial charge in [0.1, 0.15) is 0 Å². The van der Waals surface area contributed by atoms with Crippen molar-refractivity contribution in [3.63, 3.8) is 0 Å². The first-order valence-electron chi connectivity index (χ1n) is 4.47. The minimum Gasteiger partial charge on any atom is -0.353 e. The van der Waals surface area contributed by atoms with Gasteiger partial charge in [-0.05, 0) is 18.8 Å². The van der Waals surface area contributed by atoms with E-state index in [1.807, 2.05) is 6.92 Å². The molecule has 66 valence electrons. The molecule has 2 nitrogen and oxygen atoms in total. The van der Waals surface area contributed by atoms with Gasteiger partial charge in [0.2, 0.25) is 0 Å². The van der Waals surface area contributed by atoms with Crippen LogP contribution in [0.4, 0.5) is 0 Å². The van der Waals surface area contributed by atoms with Crippen molar-refractivity contribution >= 4 is 0 Å². The summed E-state index contributed by atoms with van der Waals surface area (Å²) in [5.41, 5.74) is 0. The predicted molar refractivity (Wildman–Crippen MR) is 44.3 cm³/mol. The second-order valence-corrected chi connectivity index (χ2v) is 3.41. The Morgan fingerprint density at radius 2 is 2.09 bits per heavy atom. The lowest BCUT2D eigenvalue weighted by molar-refractivity contribution is -0.183. The number of hydrogen-bond acceptors (Lipinski definition) is 2. The van der Waals surface area contributed by atoms with Crippen molar-refractivity contribution in [2.45, 2.75) is 33.5 Å². The molecule has 0 aromatic rings. The summed E-state index contributed by atoms with van der Waals surface area (Å²) in [6.45, 7) is 8.11. The fourth-order valence-corrected chi connectivity index (χ4v) is 1.33. The molecule has 0 saturated carbocycles. The lowest BCUT2D eigenvalue weighted by atomic mass is 9.91. The fourth-order valence-electron chi connectivity index (χ4n) is 1.33. The normalized spacial score (nSPS) is 39.0. The molecule has 1 aliphatic rings. The molecular formula is C9H18O2. The smallest absolute Gasteiger partial charge is 0.157 e. The Bertz CT molecular complexity index is 114. The van der Waals surface area contributed by atoms with Crippen LogP contribution in [0.2, 0.25) is 0 Å². The first-order valence-corrected chi connectivity index (χ1v) is 4.47. The first kappa shape index (κ1) is 9.01. The Balaban J connectivity index is 2.28. The lowest BCUT2D eigenvalue weighted by Crippen LogP contribution is -2.32. The van der Waals surface area contributed by atoms with Gasteiger partial charge >= 0.3 is 0 Å². The van der Waals surface area contributed by atoms with Crippen molar-refractivity contribution in [3.8, 4) is 0 Å². The zero-order valence-corrected chi connectivity index (χ0v) is 7.67. The largest absolute Gasteiger partial charge is 0.353 e. The minimum atomic E-state index is 0.0613. The average Bonchev–Trinajstić information content (AvgIpc) is 1.98. The van der Waals surface area contributed by atoms with Crippen LogP contribution in [0.3, 0.4) is 0 Å². The van der Waals surface area contributed by atoms with Crippen LogP contribution in [-0.4, -0.2) is 19.5 Å².